The van der Waals surface area contributed by atoms with Gasteiger partial charge in [0.1, 0.15) is 0 Å². The lowest BCUT2D eigenvalue weighted by Crippen LogP contribution is -2.32. The Kier molecular flexibility index (Phi) is 1.03. The molecule has 0 aliphatic heterocycles. The zero-order chi connectivity index (χ0) is 8.72. The van der Waals surface area contributed by atoms with Crippen molar-refractivity contribution in [2.24, 2.45) is 0 Å². The Morgan fingerprint density at radius 2 is 1.33 bits per heavy atom. The van der Waals surface area contributed by atoms with Crippen LogP contribution >= 0.6 is 0 Å². The average molecular weight is 175 g/mol. The molecule has 0 unspecified atom stereocenters. The van der Waals surface area contributed by atoms with Gasteiger partial charge >= 0.3 is 17.6 Å². The van der Waals surface area contributed by atoms with E-state index in [0.717, 1.165) is 0 Å². The van der Waals surface area contributed by atoms with Crippen LogP contribution in [0.2, 0.25) is 0 Å². The second kappa shape index (κ2) is 1.90. The molecule has 9 heteroatoms. The van der Waals surface area contributed by atoms with Crippen molar-refractivity contribution >= 4 is 5.96 Å². The molecule has 2 rings (SSSR count). The summed E-state index contributed by atoms with van der Waals surface area (Å²) in [6.45, 7) is 0. The fourth-order valence-electron chi connectivity index (χ4n) is 0.524. The largest absolute Gasteiger partial charge is 0.564 e. The van der Waals surface area contributed by atoms with Crippen LogP contribution in [0.1, 0.15) is 0 Å². The summed E-state index contributed by atoms with van der Waals surface area (Å²) in [5.41, 5.74) is 0. The summed E-state index contributed by atoms with van der Waals surface area (Å²) in [5.74, 6) is -2.48. The van der Waals surface area contributed by atoms with Crippen LogP contribution in [0.4, 0.5) is 0 Å². The first kappa shape index (κ1) is 6.52. The second-order valence-corrected chi connectivity index (χ2v) is 1.70. The molecule has 9 nitrogen and oxygen atoms in total. The quantitative estimate of drug-likeness (QED) is 0.392. The molecular formula is C3HN3O6. The Bertz CT molecular complexity index is 422. The number of nitrogens with one attached hydrogen (secondary N) is 1. The molecule has 0 saturated carbocycles. The SMILES string of the molecule is N=C(n1oc(=O)o1)n1oc(=O)o1. The molecule has 0 aromatic carbocycles. The van der Waals surface area contributed by atoms with Gasteiger partial charge in [-0.3, -0.25) is 23.5 Å². The Balaban J connectivity index is 2.27. The van der Waals surface area contributed by atoms with Crippen LogP contribution < -0.4 is 11.6 Å². The first-order chi connectivity index (χ1) is 5.66. The molecule has 1 N–H and O–H groups in total. The van der Waals surface area contributed by atoms with Crippen LogP contribution in [-0.2, 0) is 0 Å². The van der Waals surface area contributed by atoms with Crippen LogP contribution in [-0.4, -0.2) is 15.8 Å². The van der Waals surface area contributed by atoms with Crippen molar-refractivity contribution in [2.45, 2.75) is 0 Å². The molecule has 0 saturated heterocycles. The number of hydrogen-bond acceptors (Lipinski definition) is 7. The van der Waals surface area contributed by atoms with Crippen LogP contribution in [0.3, 0.4) is 0 Å². The molecule has 0 bridgehead atoms. The standard InChI is InChI=1S/C3HN3O6/c4-1(5-9-2(7)10-5)6-11-3(8)12-6/h4H. The average Bonchev–Trinajstić information content (AvgIpc) is 1.91. The van der Waals surface area contributed by atoms with Gasteiger partial charge in [0, 0.05) is 9.82 Å². The highest BCUT2D eigenvalue weighted by molar-refractivity contribution is 5.75. The van der Waals surface area contributed by atoms with Gasteiger partial charge in [0.05, 0.1) is 0 Å². The second-order valence-electron chi connectivity index (χ2n) is 1.70. The molecule has 0 aliphatic carbocycles. The number of nitrogens with zero attached hydrogens (tertiary/aromatic N) is 2. The Morgan fingerprint density at radius 1 is 1.00 bits per heavy atom. The molecule has 0 amide bonds. The van der Waals surface area contributed by atoms with E-state index in [1.54, 1.807) is 0 Å². The first-order valence-electron chi connectivity index (χ1n) is 2.65. The zero-order valence-corrected chi connectivity index (χ0v) is 5.34. The van der Waals surface area contributed by atoms with Crippen molar-refractivity contribution in [3.8, 4) is 0 Å². The molecule has 2 aromatic heterocycles. The Labute approximate surface area is 61.7 Å². The smallest absolute Gasteiger partial charge is 0.264 e. The lowest BCUT2D eigenvalue weighted by molar-refractivity contribution is -0.0722. The highest BCUT2D eigenvalue weighted by Crippen LogP contribution is 1.89. The van der Waals surface area contributed by atoms with E-state index in [1.807, 2.05) is 0 Å². The summed E-state index contributed by atoms with van der Waals surface area (Å²) < 4.78 is 16.5. The summed E-state index contributed by atoms with van der Waals surface area (Å²) in [7, 11) is 0. The fourth-order valence-corrected chi connectivity index (χ4v) is 0.524. The van der Waals surface area contributed by atoms with Gasteiger partial charge in [0.15, 0.2) is 0 Å². The van der Waals surface area contributed by atoms with Crippen LogP contribution in [0.25, 0.3) is 0 Å². The molecule has 2 heterocycles. The van der Waals surface area contributed by atoms with E-state index in [4.69, 9.17) is 5.41 Å². The molecule has 0 atom stereocenters. The van der Waals surface area contributed by atoms with E-state index in [-0.39, 0.29) is 0 Å². The maximum absolute atomic E-state index is 10.1. The normalized spacial score (nSPS) is 10.7. The van der Waals surface area contributed by atoms with Crippen molar-refractivity contribution in [2.75, 3.05) is 0 Å². The van der Waals surface area contributed by atoms with Crippen molar-refractivity contribution in [1.82, 2.24) is 9.82 Å². The predicted octanol–water partition coefficient (Wildman–Crippen LogP) is -1.29. The highest BCUT2D eigenvalue weighted by atomic mass is 16.9. The third-order valence-electron chi connectivity index (χ3n) is 0.976. The van der Waals surface area contributed by atoms with E-state index in [9.17, 15) is 9.59 Å². The monoisotopic (exact) mass is 175 g/mol. The molecule has 0 radical (unpaired) electrons. The van der Waals surface area contributed by atoms with E-state index >= 15 is 0 Å². The number of hydrogen-bond donors (Lipinski definition) is 1. The van der Waals surface area contributed by atoms with Gasteiger partial charge in [-0.15, -0.1) is 0 Å². The Morgan fingerprint density at radius 3 is 1.58 bits per heavy atom. The van der Waals surface area contributed by atoms with Gasteiger partial charge < -0.3 is 0 Å². The number of aromatic nitrogens is 2. The summed E-state index contributed by atoms with van der Waals surface area (Å²) in [6, 6.07) is 0. The summed E-state index contributed by atoms with van der Waals surface area (Å²) in [6.07, 6.45) is 0. The van der Waals surface area contributed by atoms with Crippen molar-refractivity contribution in [3.05, 3.63) is 21.2 Å². The fraction of sp³-hybridized carbons (Fsp3) is 0. The molecule has 0 spiro atoms. The maximum Gasteiger partial charge on any atom is 0.564 e. The van der Waals surface area contributed by atoms with Crippen LogP contribution in [0.15, 0.2) is 27.7 Å². The predicted molar refractivity (Wildman–Crippen MR) is 29.0 cm³/mol. The van der Waals surface area contributed by atoms with Gasteiger partial charge in [0.2, 0.25) is 0 Å². The number of rotatable bonds is 0. The minimum absolute atomic E-state index is 0.411. The van der Waals surface area contributed by atoms with Crippen LogP contribution in [0.5, 0.6) is 0 Å². The van der Waals surface area contributed by atoms with E-state index in [2.05, 4.69) is 18.1 Å². The van der Waals surface area contributed by atoms with E-state index < -0.39 is 17.6 Å². The Hall–Kier alpha value is -2.19. The third-order valence-corrected chi connectivity index (χ3v) is 0.976. The first-order valence-corrected chi connectivity index (χ1v) is 2.65. The molecule has 2 aromatic rings. The van der Waals surface area contributed by atoms with Crippen molar-refractivity contribution in [3.63, 3.8) is 0 Å². The lowest BCUT2D eigenvalue weighted by Gasteiger charge is -2.04. The highest BCUT2D eigenvalue weighted by Gasteiger charge is 2.17. The van der Waals surface area contributed by atoms with Gasteiger partial charge in [-0.05, 0) is 0 Å². The zero-order valence-electron chi connectivity index (χ0n) is 5.34. The van der Waals surface area contributed by atoms with Gasteiger partial charge in [-0.2, -0.15) is 9.59 Å². The lowest BCUT2D eigenvalue weighted by atomic mass is 11.1. The molecule has 0 aliphatic rings. The summed E-state index contributed by atoms with van der Waals surface area (Å²) in [4.78, 5) is 20.9. The van der Waals surface area contributed by atoms with Crippen LogP contribution in [0, 0.1) is 5.41 Å². The minimum atomic E-state index is -0.952. The third kappa shape index (κ3) is 0.761. The van der Waals surface area contributed by atoms with Gasteiger partial charge in [-0.25, -0.2) is 0 Å². The minimum Gasteiger partial charge on any atom is -0.264 e. The van der Waals surface area contributed by atoms with Crippen molar-refractivity contribution in [1.29, 1.82) is 5.41 Å². The van der Waals surface area contributed by atoms with E-state index in [0.29, 0.717) is 9.82 Å². The van der Waals surface area contributed by atoms with E-state index in [1.165, 1.54) is 0 Å². The summed E-state index contributed by atoms with van der Waals surface area (Å²) in [5, 5.41) is 7.03. The molecular weight excluding hydrogens is 174 g/mol. The molecule has 12 heavy (non-hydrogen) atoms. The molecule has 0 fully saturated rings. The van der Waals surface area contributed by atoms with Gasteiger partial charge in [0.25, 0.3) is 0 Å². The van der Waals surface area contributed by atoms with Crippen molar-refractivity contribution < 1.29 is 18.1 Å². The maximum atomic E-state index is 10.1. The molecule has 64 valence electrons. The topological polar surface area (TPSA) is 120 Å². The van der Waals surface area contributed by atoms with Gasteiger partial charge in [-0.1, -0.05) is 0 Å². The summed E-state index contributed by atoms with van der Waals surface area (Å²) >= 11 is 0.